The first-order chi connectivity index (χ1) is 20.6. The van der Waals surface area contributed by atoms with Crippen molar-refractivity contribution >= 4 is 40.5 Å². The molecular weight excluding hydrogens is 544 g/mol. The molecule has 0 aliphatic heterocycles. The van der Waals surface area contributed by atoms with Gasteiger partial charge in [0.15, 0.2) is 0 Å². The van der Waals surface area contributed by atoms with Crippen LogP contribution < -0.4 is 10.2 Å². The lowest BCUT2D eigenvalue weighted by Crippen LogP contribution is -2.17. The average Bonchev–Trinajstić information content (AvgIpc) is 3.00. The van der Waals surface area contributed by atoms with Crippen molar-refractivity contribution in [2.45, 2.75) is 110 Å². The number of esters is 1. The number of hydrogen-bond acceptors (Lipinski definition) is 4. The smallest absolute Gasteiger partial charge is 0.345 e. The highest BCUT2D eigenvalue weighted by Crippen LogP contribution is 2.28. The number of amides is 1. The van der Waals surface area contributed by atoms with E-state index in [1.807, 2.05) is 30.3 Å². The second kappa shape index (κ2) is 19.9. The molecule has 0 saturated carbocycles. The number of ether oxygens (including phenoxy) is 1. The molecule has 3 rings (SSSR count). The number of halogens is 1. The number of hydrogen-bond donors (Lipinski definition) is 1. The molecule has 6 heteroatoms. The number of unbranched alkanes of at least 4 members (excludes halogenated alkanes) is 14. The third kappa shape index (κ3) is 12.0. The molecule has 0 atom stereocenters. The summed E-state index contributed by atoms with van der Waals surface area (Å²) in [5.41, 5.74) is 3.53. The van der Waals surface area contributed by atoms with Crippen LogP contribution in [0.2, 0.25) is 5.02 Å². The predicted molar refractivity (Wildman–Crippen MR) is 176 cm³/mol. The standard InChI is InChI=1S/C36H47ClN2O3/c1-2-3-4-5-6-7-8-9-10-11-12-13-14-15-16-25-35(40)39-38-28-32-30-22-18-17-21-29(30)26-27-34(32)42-36(41)31-23-19-20-24-33(31)37/h17-24,26-28H,2-16,25H2,1H3,(H,39,40)/b38-28-. The Morgan fingerprint density at radius 2 is 1.31 bits per heavy atom. The molecule has 0 heterocycles. The quantitative estimate of drug-likeness (QED) is 0.0468. The van der Waals surface area contributed by atoms with Gasteiger partial charge < -0.3 is 4.74 Å². The molecule has 0 fully saturated rings. The summed E-state index contributed by atoms with van der Waals surface area (Å²) in [7, 11) is 0. The molecule has 0 aliphatic carbocycles. The van der Waals surface area contributed by atoms with Crippen molar-refractivity contribution in [1.29, 1.82) is 0 Å². The zero-order valence-electron chi connectivity index (χ0n) is 25.2. The topological polar surface area (TPSA) is 67.8 Å². The normalized spacial score (nSPS) is 11.3. The first kappa shape index (κ1) is 33.3. The van der Waals surface area contributed by atoms with Crippen LogP contribution in [-0.4, -0.2) is 18.1 Å². The van der Waals surface area contributed by atoms with E-state index in [4.69, 9.17) is 16.3 Å². The Kier molecular flexibility index (Phi) is 15.8. The highest BCUT2D eigenvalue weighted by molar-refractivity contribution is 6.33. The molecule has 0 spiro atoms. The van der Waals surface area contributed by atoms with E-state index in [-0.39, 0.29) is 11.5 Å². The summed E-state index contributed by atoms with van der Waals surface area (Å²) in [6.45, 7) is 2.27. The third-order valence-electron chi connectivity index (χ3n) is 7.62. The molecule has 3 aromatic rings. The summed E-state index contributed by atoms with van der Waals surface area (Å²) in [4.78, 5) is 25.2. The first-order valence-corrected chi connectivity index (χ1v) is 16.3. The van der Waals surface area contributed by atoms with Gasteiger partial charge in [-0.15, -0.1) is 0 Å². The van der Waals surface area contributed by atoms with Crippen LogP contribution in [0.4, 0.5) is 0 Å². The summed E-state index contributed by atoms with van der Waals surface area (Å²) >= 11 is 6.18. The van der Waals surface area contributed by atoms with E-state index in [0.29, 0.717) is 22.8 Å². The van der Waals surface area contributed by atoms with E-state index in [0.717, 1.165) is 23.6 Å². The SMILES string of the molecule is CCCCCCCCCCCCCCCCCC(=O)N/N=C\c1c(OC(=O)c2ccccc2Cl)ccc2ccccc12. The summed E-state index contributed by atoms with van der Waals surface area (Å²) in [6, 6.07) is 18.1. The van der Waals surface area contributed by atoms with Crippen LogP contribution in [0.15, 0.2) is 65.8 Å². The van der Waals surface area contributed by atoms with E-state index >= 15 is 0 Å². The minimum atomic E-state index is -0.553. The van der Waals surface area contributed by atoms with Crippen LogP contribution in [0.25, 0.3) is 10.8 Å². The summed E-state index contributed by atoms with van der Waals surface area (Å²) in [5, 5.41) is 6.36. The maximum atomic E-state index is 12.8. The maximum Gasteiger partial charge on any atom is 0.345 e. The van der Waals surface area contributed by atoms with E-state index in [2.05, 4.69) is 17.5 Å². The fourth-order valence-corrected chi connectivity index (χ4v) is 5.37. The molecule has 0 aromatic heterocycles. The van der Waals surface area contributed by atoms with Crippen LogP contribution in [0.1, 0.15) is 126 Å². The van der Waals surface area contributed by atoms with Crippen LogP contribution in [0.3, 0.4) is 0 Å². The number of benzene rings is 3. The Balaban J connectivity index is 1.36. The van der Waals surface area contributed by atoms with Crippen molar-refractivity contribution in [2.24, 2.45) is 5.10 Å². The second-order valence-electron chi connectivity index (χ2n) is 11.1. The molecular formula is C36H47ClN2O3. The number of nitrogens with one attached hydrogen (secondary N) is 1. The van der Waals surface area contributed by atoms with Crippen LogP contribution >= 0.6 is 11.6 Å². The van der Waals surface area contributed by atoms with Gasteiger partial charge in [-0.1, -0.05) is 151 Å². The average molecular weight is 591 g/mol. The monoisotopic (exact) mass is 590 g/mol. The number of fused-ring (bicyclic) bond motifs is 1. The van der Waals surface area contributed by atoms with Gasteiger partial charge in [-0.3, -0.25) is 4.79 Å². The van der Waals surface area contributed by atoms with Gasteiger partial charge >= 0.3 is 5.97 Å². The lowest BCUT2D eigenvalue weighted by molar-refractivity contribution is -0.121. The Morgan fingerprint density at radius 1 is 0.738 bits per heavy atom. The fraction of sp³-hybridized carbons (Fsp3) is 0.472. The lowest BCUT2D eigenvalue weighted by Gasteiger charge is -2.11. The van der Waals surface area contributed by atoms with E-state index in [1.165, 1.54) is 83.5 Å². The molecule has 226 valence electrons. The van der Waals surface area contributed by atoms with Gasteiger partial charge in [0.25, 0.3) is 0 Å². The van der Waals surface area contributed by atoms with Crippen LogP contribution in [0.5, 0.6) is 5.75 Å². The molecule has 1 amide bonds. The number of nitrogens with zero attached hydrogens (tertiary/aromatic N) is 1. The van der Waals surface area contributed by atoms with Crippen molar-refractivity contribution < 1.29 is 14.3 Å². The first-order valence-electron chi connectivity index (χ1n) is 15.9. The molecule has 5 nitrogen and oxygen atoms in total. The van der Waals surface area contributed by atoms with Gasteiger partial charge in [-0.05, 0) is 35.4 Å². The van der Waals surface area contributed by atoms with E-state index in [9.17, 15) is 9.59 Å². The summed E-state index contributed by atoms with van der Waals surface area (Å²) < 4.78 is 5.71. The molecule has 0 aliphatic rings. The maximum absolute atomic E-state index is 12.8. The lowest BCUT2D eigenvalue weighted by atomic mass is 10.0. The number of rotatable bonds is 20. The number of hydrazone groups is 1. The van der Waals surface area contributed by atoms with Gasteiger partial charge in [0, 0.05) is 12.0 Å². The van der Waals surface area contributed by atoms with Crippen molar-refractivity contribution in [3.63, 3.8) is 0 Å². The molecule has 1 N–H and O–H groups in total. The van der Waals surface area contributed by atoms with Gasteiger partial charge in [0.05, 0.1) is 16.8 Å². The van der Waals surface area contributed by atoms with E-state index in [1.54, 1.807) is 36.5 Å². The molecule has 0 unspecified atom stereocenters. The minimum Gasteiger partial charge on any atom is -0.422 e. The molecule has 42 heavy (non-hydrogen) atoms. The number of carbonyl (C=O) groups is 2. The van der Waals surface area contributed by atoms with Gasteiger partial charge in [0.2, 0.25) is 5.91 Å². The van der Waals surface area contributed by atoms with Crippen molar-refractivity contribution in [2.75, 3.05) is 0 Å². The van der Waals surface area contributed by atoms with Gasteiger partial charge in [-0.25, -0.2) is 10.2 Å². The van der Waals surface area contributed by atoms with Crippen molar-refractivity contribution in [3.8, 4) is 5.75 Å². The van der Waals surface area contributed by atoms with Crippen molar-refractivity contribution in [3.05, 3.63) is 76.8 Å². The Hall–Kier alpha value is -3.18. The molecule has 3 aromatic carbocycles. The highest BCUT2D eigenvalue weighted by atomic mass is 35.5. The van der Waals surface area contributed by atoms with Crippen LogP contribution in [-0.2, 0) is 4.79 Å². The Bertz CT molecular complexity index is 1270. The summed E-state index contributed by atoms with van der Waals surface area (Å²) in [6.07, 6.45) is 21.4. The van der Waals surface area contributed by atoms with Crippen molar-refractivity contribution in [1.82, 2.24) is 5.43 Å². The van der Waals surface area contributed by atoms with Gasteiger partial charge in [0.1, 0.15) is 5.75 Å². The van der Waals surface area contributed by atoms with Gasteiger partial charge in [-0.2, -0.15) is 5.10 Å². The highest BCUT2D eigenvalue weighted by Gasteiger charge is 2.16. The largest absolute Gasteiger partial charge is 0.422 e. The fourth-order valence-electron chi connectivity index (χ4n) is 5.16. The minimum absolute atomic E-state index is 0.115. The predicted octanol–water partition coefficient (Wildman–Crippen LogP) is 10.4. The molecule has 0 radical (unpaired) electrons. The Morgan fingerprint density at radius 3 is 1.95 bits per heavy atom. The summed E-state index contributed by atoms with van der Waals surface area (Å²) in [5.74, 6) is -0.322. The van der Waals surface area contributed by atoms with Crippen LogP contribution in [0, 0.1) is 0 Å². The van der Waals surface area contributed by atoms with E-state index < -0.39 is 5.97 Å². The number of carbonyl (C=O) groups excluding carboxylic acids is 2. The zero-order valence-corrected chi connectivity index (χ0v) is 26.0. The zero-order chi connectivity index (χ0) is 29.8. The Labute approximate surface area is 257 Å². The third-order valence-corrected chi connectivity index (χ3v) is 7.95. The molecule has 0 saturated heterocycles. The second-order valence-corrected chi connectivity index (χ2v) is 11.5. The molecule has 0 bridgehead atoms.